The molecule has 1 aromatic heterocycles. The largest absolute Gasteiger partial charge is 0.446 e. The predicted molar refractivity (Wildman–Crippen MR) is 90.8 cm³/mol. The van der Waals surface area contributed by atoms with Gasteiger partial charge in [-0.15, -0.1) is 0 Å². The summed E-state index contributed by atoms with van der Waals surface area (Å²) in [5.74, 6) is 1.34. The summed E-state index contributed by atoms with van der Waals surface area (Å²) in [6, 6.07) is 6.86. The molecule has 0 amide bonds. The van der Waals surface area contributed by atoms with Gasteiger partial charge >= 0.3 is 0 Å². The Balaban J connectivity index is 2.32. The van der Waals surface area contributed by atoms with Crippen LogP contribution in [0.25, 0.3) is 11.3 Å². The van der Waals surface area contributed by atoms with Crippen molar-refractivity contribution < 1.29 is 12.8 Å². The van der Waals surface area contributed by atoms with Gasteiger partial charge in [-0.25, -0.2) is 13.4 Å². The molecular formula is C17H24N2O3S. The van der Waals surface area contributed by atoms with E-state index < -0.39 is 10.0 Å². The van der Waals surface area contributed by atoms with E-state index in [-0.39, 0.29) is 0 Å². The summed E-state index contributed by atoms with van der Waals surface area (Å²) in [5, 5.41) is 0. The summed E-state index contributed by atoms with van der Waals surface area (Å²) >= 11 is 0. The van der Waals surface area contributed by atoms with Crippen molar-refractivity contribution in [2.75, 3.05) is 13.1 Å². The molecule has 0 unspecified atom stereocenters. The van der Waals surface area contributed by atoms with Gasteiger partial charge in [-0.05, 0) is 31.9 Å². The topological polar surface area (TPSA) is 63.4 Å². The number of rotatable bonds is 7. The second-order valence-corrected chi connectivity index (χ2v) is 7.50. The second-order valence-electron chi connectivity index (χ2n) is 5.57. The molecule has 2 aromatic rings. The van der Waals surface area contributed by atoms with Crippen LogP contribution in [0.3, 0.4) is 0 Å². The Kier molecular flexibility index (Phi) is 5.59. The third kappa shape index (κ3) is 3.82. The molecule has 0 fully saturated rings. The highest BCUT2D eigenvalue weighted by molar-refractivity contribution is 7.89. The first-order valence-corrected chi connectivity index (χ1v) is 9.38. The summed E-state index contributed by atoms with van der Waals surface area (Å²) in [5.41, 5.74) is 1.61. The van der Waals surface area contributed by atoms with Crippen LogP contribution in [0.2, 0.25) is 0 Å². The Morgan fingerprint density at radius 2 is 1.61 bits per heavy atom. The Labute approximate surface area is 138 Å². The molecule has 1 heterocycles. The van der Waals surface area contributed by atoms with E-state index in [0.717, 1.165) is 29.9 Å². The molecule has 0 atom stereocenters. The van der Waals surface area contributed by atoms with Gasteiger partial charge in [0.2, 0.25) is 10.0 Å². The first-order chi connectivity index (χ1) is 10.9. The van der Waals surface area contributed by atoms with E-state index in [4.69, 9.17) is 4.42 Å². The van der Waals surface area contributed by atoms with Gasteiger partial charge in [-0.3, -0.25) is 0 Å². The minimum Gasteiger partial charge on any atom is -0.446 e. The molecule has 0 bridgehead atoms. The van der Waals surface area contributed by atoms with Crippen LogP contribution in [-0.4, -0.2) is 30.8 Å². The fraction of sp³-hybridized carbons (Fsp3) is 0.471. The zero-order chi connectivity index (χ0) is 17.0. The van der Waals surface area contributed by atoms with E-state index in [9.17, 15) is 8.42 Å². The molecule has 0 radical (unpaired) electrons. The average Bonchev–Trinajstić information content (AvgIpc) is 2.86. The lowest BCUT2D eigenvalue weighted by atomic mass is 10.1. The number of nitrogens with zero attached hydrogens (tertiary/aromatic N) is 2. The zero-order valence-electron chi connectivity index (χ0n) is 14.2. The SMILES string of the molecule is CCCN(CCC)S(=O)(=O)c1ccc(-c2nc(C)oc2C)cc1. The summed E-state index contributed by atoms with van der Waals surface area (Å²) in [6.45, 7) is 8.69. The first-order valence-electron chi connectivity index (χ1n) is 7.94. The lowest BCUT2D eigenvalue weighted by Crippen LogP contribution is -2.32. The third-order valence-electron chi connectivity index (χ3n) is 3.62. The number of oxazole rings is 1. The van der Waals surface area contributed by atoms with E-state index in [2.05, 4.69) is 4.98 Å². The van der Waals surface area contributed by atoms with Crippen molar-refractivity contribution >= 4 is 10.0 Å². The van der Waals surface area contributed by atoms with Gasteiger partial charge in [-0.2, -0.15) is 4.31 Å². The van der Waals surface area contributed by atoms with Crippen molar-refractivity contribution in [3.63, 3.8) is 0 Å². The Bertz CT molecular complexity index is 743. The van der Waals surface area contributed by atoms with E-state index in [1.807, 2.05) is 20.8 Å². The number of hydrogen-bond donors (Lipinski definition) is 0. The normalized spacial score (nSPS) is 12.0. The Hall–Kier alpha value is -1.66. The highest BCUT2D eigenvalue weighted by atomic mass is 32.2. The lowest BCUT2D eigenvalue weighted by Gasteiger charge is -2.21. The number of aromatic nitrogens is 1. The van der Waals surface area contributed by atoms with Gasteiger partial charge in [0.25, 0.3) is 0 Å². The van der Waals surface area contributed by atoms with Gasteiger partial charge in [0.05, 0.1) is 4.90 Å². The minimum atomic E-state index is -3.44. The molecule has 0 N–H and O–H groups in total. The smallest absolute Gasteiger partial charge is 0.243 e. The number of aryl methyl sites for hydroxylation is 2. The van der Waals surface area contributed by atoms with E-state index in [0.29, 0.717) is 23.9 Å². The van der Waals surface area contributed by atoms with E-state index >= 15 is 0 Å². The zero-order valence-corrected chi connectivity index (χ0v) is 15.0. The van der Waals surface area contributed by atoms with Crippen LogP contribution in [0.15, 0.2) is 33.6 Å². The summed E-state index contributed by atoms with van der Waals surface area (Å²) in [7, 11) is -3.44. The molecule has 23 heavy (non-hydrogen) atoms. The van der Waals surface area contributed by atoms with Crippen molar-refractivity contribution in [3.05, 3.63) is 35.9 Å². The third-order valence-corrected chi connectivity index (χ3v) is 5.53. The maximum atomic E-state index is 12.7. The highest BCUT2D eigenvalue weighted by Gasteiger charge is 2.23. The van der Waals surface area contributed by atoms with Crippen LogP contribution < -0.4 is 0 Å². The van der Waals surface area contributed by atoms with Crippen LogP contribution >= 0.6 is 0 Å². The van der Waals surface area contributed by atoms with Gasteiger partial charge in [0.15, 0.2) is 5.89 Å². The van der Waals surface area contributed by atoms with Crippen LogP contribution in [0.5, 0.6) is 0 Å². The summed E-state index contributed by atoms with van der Waals surface area (Å²) in [4.78, 5) is 4.66. The molecule has 1 aromatic carbocycles. The van der Waals surface area contributed by atoms with Gasteiger partial charge < -0.3 is 4.42 Å². The molecule has 0 saturated heterocycles. The molecule has 0 aliphatic rings. The fourth-order valence-corrected chi connectivity index (χ4v) is 4.21. The number of sulfonamides is 1. The summed E-state index contributed by atoms with van der Waals surface area (Å²) < 4.78 is 32.4. The average molecular weight is 336 g/mol. The van der Waals surface area contributed by atoms with Crippen molar-refractivity contribution in [1.82, 2.24) is 9.29 Å². The minimum absolute atomic E-state index is 0.320. The first kappa shape index (κ1) is 17.7. The Morgan fingerprint density at radius 3 is 2.04 bits per heavy atom. The quantitative estimate of drug-likeness (QED) is 0.772. The molecule has 6 heteroatoms. The fourth-order valence-electron chi connectivity index (χ4n) is 2.58. The molecule has 0 aliphatic carbocycles. The second kappa shape index (κ2) is 7.27. The van der Waals surface area contributed by atoms with E-state index in [1.54, 1.807) is 35.5 Å². The monoisotopic (exact) mass is 336 g/mol. The molecule has 5 nitrogen and oxygen atoms in total. The molecular weight excluding hydrogens is 312 g/mol. The molecule has 126 valence electrons. The van der Waals surface area contributed by atoms with Crippen molar-refractivity contribution in [2.24, 2.45) is 0 Å². The molecule has 0 aliphatic heterocycles. The number of hydrogen-bond acceptors (Lipinski definition) is 4. The van der Waals surface area contributed by atoms with Crippen molar-refractivity contribution in [1.29, 1.82) is 0 Å². The summed E-state index contributed by atoms with van der Waals surface area (Å²) in [6.07, 6.45) is 1.60. The molecule has 0 saturated carbocycles. The molecule has 2 rings (SSSR count). The van der Waals surface area contributed by atoms with Crippen LogP contribution in [0.4, 0.5) is 0 Å². The van der Waals surface area contributed by atoms with Crippen LogP contribution in [-0.2, 0) is 10.0 Å². The maximum Gasteiger partial charge on any atom is 0.243 e. The molecule has 0 spiro atoms. The Morgan fingerprint density at radius 1 is 1.04 bits per heavy atom. The lowest BCUT2D eigenvalue weighted by molar-refractivity contribution is 0.410. The van der Waals surface area contributed by atoms with Gasteiger partial charge in [0, 0.05) is 25.6 Å². The number of benzene rings is 1. The van der Waals surface area contributed by atoms with Gasteiger partial charge in [0.1, 0.15) is 11.5 Å². The standard InChI is InChI=1S/C17H24N2O3S/c1-5-11-19(12-6-2)23(20,21)16-9-7-15(8-10-16)17-13(3)22-14(4)18-17/h7-10H,5-6,11-12H2,1-4H3. The van der Waals surface area contributed by atoms with E-state index in [1.165, 1.54) is 0 Å². The van der Waals surface area contributed by atoms with Crippen molar-refractivity contribution in [2.45, 2.75) is 45.4 Å². The van der Waals surface area contributed by atoms with Crippen LogP contribution in [0.1, 0.15) is 38.3 Å². The van der Waals surface area contributed by atoms with Gasteiger partial charge in [-0.1, -0.05) is 26.0 Å². The predicted octanol–water partition coefficient (Wildman–Crippen LogP) is 3.77. The highest BCUT2D eigenvalue weighted by Crippen LogP contribution is 2.25. The maximum absolute atomic E-state index is 12.7. The van der Waals surface area contributed by atoms with Crippen molar-refractivity contribution in [3.8, 4) is 11.3 Å². The van der Waals surface area contributed by atoms with Crippen LogP contribution in [0, 0.1) is 13.8 Å².